The Hall–Kier alpha value is -1.89. The van der Waals surface area contributed by atoms with Crippen LogP contribution in [0.4, 0.5) is 0 Å². The summed E-state index contributed by atoms with van der Waals surface area (Å²) in [4.78, 5) is 14.3. The molecule has 0 aromatic heterocycles. The first kappa shape index (κ1) is 19.9. The van der Waals surface area contributed by atoms with E-state index in [1.165, 1.54) is 6.26 Å². The van der Waals surface area contributed by atoms with Gasteiger partial charge in [-0.3, -0.25) is 4.79 Å². The van der Waals surface area contributed by atoms with E-state index >= 15 is 0 Å². The van der Waals surface area contributed by atoms with Crippen molar-refractivity contribution in [2.24, 2.45) is 0 Å². The number of amides is 1. The van der Waals surface area contributed by atoms with Crippen molar-refractivity contribution in [1.82, 2.24) is 4.90 Å². The lowest BCUT2D eigenvalue weighted by atomic mass is 9.94. The van der Waals surface area contributed by atoms with E-state index in [0.717, 1.165) is 5.56 Å². The second-order valence-electron chi connectivity index (χ2n) is 7.27. The van der Waals surface area contributed by atoms with Crippen molar-refractivity contribution in [3.8, 4) is 0 Å². The molecule has 3 rings (SSSR count). The molecule has 0 radical (unpaired) electrons. The van der Waals surface area contributed by atoms with Gasteiger partial charge in [0.05, 0.1) is 17.9 Å². The van der Waals surface area contributed by atoms with Crippen LogP contribution in [0.5, 0.6) is 0 Å². The summed E-state index contributed by atoms with van der Waals surface area (Å²) in [5.41, 5.74) is 1.09. The number of benzene rings is 2. The lowest BCUT2D eigenvalue weighted by molar-refractivity contribution is 0.0445. The van der Waals surface area contributed by atoms with Crippen molar-refractivity contribution >= 4 is 27.3 Å². The number of halogens is 1. The topological polar surface area (TPSA) is 74.7 Å². The van der Waals surface area contributed by atoms with Crippen LogP contribution in [0.25, 0.3) is 0 Å². The van der Waals surface area contributed by atoms with E-state index in [1.807, 2.05) is 18.2 Å². The summed E-state index contributed by atoms with van der Waals surface area (Å²) in [6.07, 6.45) is 2.11. The Labute approximate surface area is 164 Å². The van der Waals surface area contributed by atoms with Gasteiger partial charge in [0.1, 0.15) is 0 Å². The molecule has 5 nitrogen and oxygen atoms in total. The smallest absolute Gasteiger partial charge is 0.253 e. The fourth-order valence-corrected chi connectivity index (χ4v) is 4.44. The third-order valence-electron chi connectivity index (χ3n) is 4.67. The molecule has 7 heteroatoms. The largest absolute Gasteiger partial charge is 0.388 e. The van der Waals surface area contributed by atoms with E-state index in [1.54, 1.807) is 35.2 Å². The summed E-state index contributed by atoms with van der Waals surface area (Å²) < 4.78 is 22.7. The second-order valence-corrected chi connectivity index (χ2v) is 9.85. The fraction of sp³-hybridized carbons (Fsp3) is 0.350. The number of carbonyl (C=O) groups excluding carboxylic acids is 1. The highest BCUT2D eigenvalue weighted by molar-refractivity contribution is 7.89. The van der Waals surface area contributed by atoms with Gasteiger partial charge in [0, 0.05) is 29.8 Å². The minimum absolute atomic E-state index is 0.0510. The monoisotopic (exact) mass is 407 g/mol. The molecular weight excluding hydrogens is 386 g/mol. The van der Waals surface area contributed by atoms with Crippen LogP contribution in [0.2, 0.25) is 5.02 Å². The first-order valence-electron chi connectivity index (χ1n) is 8.66. The first-order valence-corrected chi connectivity index (χ1v) is 11.1. The molecule has 0 bridgehead atoms. The van der Waals surface area contributed by atoms with E-state index in [0.29, 0.717) is 35.5 Å². The van der Waals surface area contributed by atoms with E-state index in [2.05, 4.69) is 0 Å². The molecule has 27 heavy (non-hydrogen) atoms. The first-order chi connectivity index (χ1) is 12.6. The Morgan fingerprint density at radius 1 is 1.19 bits per heavy atom. The Morgan fingerprint density at radius 3 is 2.52 bits per heavy atom. The third kappa shape index (κ3) is 5.31. The summed E-state index contributed by atoms with van der Waals surface area (Å²) >= 11 is 6.00. The number of nitrogens with zero attached hydrogens (tertiary/aromatic N) is 1. The molecule has 1 N–H and O–H groups in total. The molecule has 1 atom stereocenters. The maximum Gasteiger partial charge on any atom is 0.253 e. The number of hydrogen-bond donors (Lipinski definition) is 1. The summed E-state index contributed by atoms with van der Waals surface area (Å²) in [5.74, 6) is -0.215. The lowest BCUT2D eigenvalue weighted by Gasteiger charge is -2.23. The van der Waals surface area contributed by atoms with Gasteiger partial charge in [0.2, 0.25) is 0 Å². The number of likely N-dealkylation sites (tertiary alicyclic amines) is 1. The van der Waals surface area contributed by atoms with E-state index in [4.69, 9.17) is 11.6 Å². The van der Waals surface area contributed by atoms with E-state index < -0.39 is 15.4 Å². The molecule has 0 unspecified atom stereocenters. The summed E-state index contributed by atoms with van der Waals surface area (Å²) in [5, 5.41) is 11.5. The maximum absolute atomic E-state index is 12.7. The quantitative estimate of drug-likeness (QED) is 0.826. The molecule has 2 aromatic carbocycles. The highest BCUT2D eigenvalue weighted by Gasteiger charge is 2.38. The number of β-amino-alcohol motifs (C(OH)–C–C–N with tert-alkyl or cyclic N) is 1. The van der Waals surface area contributed by atoms with Crippen LogP contribution in [0.15, 0.2) is 48.5 Å². The summed E-state index contributed by atoms with van der Waals surface area (Å²) in [7, 11) is -3.11. The van der Waals surface area contributed by atoms with Gasteiger partial charge in [-0.05, 0) is 41.8 Å². The van der Waals surface area contributed by atoms with Crippen LogP contribution >= 0.6 is 11.6 Å². The van der Waals surface area contributed by atoms with Crippen LogP contribution < -0.4 is 0 Å². The minimum atomic E-state index is -3.11. The minimum Gasteiger partial charge on any atom is -0.388 e. The Bertz CT molecular complexity index is 943. The Kier molecular flexibility index (Phi) is 5.60. The maximum atomic E-state index is 12.7. The zero-order chi connectivity index (χ0) is 19.7. The SMILES string of the molecule is CS(=O)(=O)Cc1ccc(C(=O)N2CC[C@](O)(Cc3cccc(Cl)c3)C2)cc1. The average molecular weight is 408 g/mol. The van der Waals surface area contributed by atoms with Gasteiger partial charge in [0.15, 0.2) is 9.84 Å². The molecule has 1 aliphatic rings. The van der Waals surface area contributed by atoms with Gasteiger partial charge < -0.3 is 10.0 Å². The molecule has 1 fully saturated rings. The predicted octanol–water partition coefficient (Wildman–Crippen LogP) is 2.70. The third-order valence-corrected chi connectivity index (χ3v) is 5.76. The molecule has 2 aromatic rings. The van der Waals surface area contributed by atoms with Crippen LogP contribution in [0.1, 0.15) is 27.9 Å². The van der Waals surface area contributed by atoms with Crippen LogP contribution in [-0.2, 0) is 22.0 Å². The molecule has 1 saturated heterocycles. The van der Waals surface area contributed by atoms with Crippen molar-refractivity contribution in [2.75, 3.05) is 19.3 Å². The fourth-order valence-electron chi connectivity index (χ4n) is 3.43. The second kappa shape index (κ2) is 7.62. The van der Waals surface area contributed by atoms with Crippen LogP contribution in [0, 0.1) is 0 Å². The average Bonchev–Trinajstić information content (AvgIpc) is 2.95. The van der Waals surface area contributed by atoms with E-state index in [9.17, 15) is 18.3 Å². The van der Waals surface area contributed by atoms with Crippen LogP contribution in [-0.4, -0.2) is 49.3 Å². The van der Waals surface area contributed by atoms with Crippen molar-refractivity contribution in [3.05, 3.63) is 70.2 Å². The molecule has 1 aliphatic heterocycles. The van der Waals surface area contributed by atoms with Gasteiger partial charge in [-0.1, -0.05) is 35.9 Å². The zero-order valence-corrected chi connectivity index (χ0v) is 16.6. The normalized spacial score (nSPS) is 20.0. The summed E-state index contributed by atoms with van der Waals surface area (Å²) in [6, 6.07) is 13.9. The van der Waals surface area contributed by atoms with Gasteiger partial charge in [0.25, 0.3) is 5.91 Å². The summed E-state index contributed by atoms with van der Waals surface area (Å²) in [6.45, 7) is 0.727. The van der Waals surface area contributed by atoms with Crippen molar-refractivity contribution in [3.63, 3.8) is 0 Å². The van der Waals surface area contributed by atoms with Crippen molar-refractivity contribution in [2.45, 2.75) is 24.2 Å². The van der Waals surface area contributed by atoms with Gasteiger partial charge in [-0.15, -0.1) is 0 Å². The van der Waals surface area contributed by atoms with Crippen molar-refractivity contribution in [1.29, 1.82) is 0 Å². The highest BCUT2D eigenvalue weighted by Crippen LogP contribution is 2.27. The molecule has 144 valence electrons. The predicted molar refractivity (Wildman–Crippen MR) is 106 cm³/mol. The molecule has 0 saturated carbocycles. The van der Waals surface area contributed by atoms with Gasteiger partial charge >= 0.3 is 0 Å². The van der Waals surface area contributed by atoms with Crippen LogP contribution in [0.3, 0.4) is 0 Å². The number of aliphatic hydroxyl groups is 1. The molecule has 0 spiro atoms. The number of rotatable bonds is 5. The molecule has 1 heterocycles. The lowest BCUT2D eigenvalue weighted by Crippen LogP contribution is -2.37. The number of sulfone groups is 1. The number of hydrogen-bond acceptors (Lipinski definition) is 4. The van der Waals surface area contributed by atoms with Crippen molar-refractivity contribution < 1.29 is 18.3 Å². The molecular formula is C20H22ClNO4S. The molecule has 0 aliphatic carbocycles. The Morgan fingerprint density at radius 2 is 1.89 bits per heavy atom. The zero-order valence-electron chi connectivity index (χ0n) is 15.1. The highest BCUT2D eigenvalue weighted by atomic mass is 35.5. The standard InChI is InChI=1S/C20H22ClNO4S/c1-27(25,26)13-15-5-7-17(8-6-15)19(23)22-10-9-20(24,14-22)12-16-3-2-4-18(21)11-16/h2-8,11,24H,9-10,12-14H2,1H3/t20-/m0/s1. The molecule has 1 amide bonds. The Balaban J connectivity index is 1.66. The van der Waals surface area contributed by atoms with E-state index in [-0.39, 0.29) is 18.2 Å². The van der Waals surface area contributed by atoms with Gasteiger partial charge in [-0.2, -0.15) is 0 Å². The number of carbonyl (C=O) groups is 1. The van der Waals surface area contributed by atoms with Gasteiger partial charge in [-0.25, -0.2) is 8.42 Å².